The summed E-state index contributed by atoms with van der Waals surface area (Å²) in [5.74, 6) is 1.32. The minimum absolute atomic E-state index is 0.113. The van der Waals surface area contributed by atoms with E-state index in [0.29, 0.717) is 38.4 Å². The van der Waals surface area contributed by atoms with Crippen molar-refractivity contribution in [1.29, 1.82) is 0 Å². The highest BCUT2D eigenvalue weighted by atomic mass is 79.9. The first kappa shape index (κ1) is 22.2. The maximum absolute atomic E-state index is 13.7. The Labute approximate surface area is 195 Å². The quantitative estimate of drug-likeness (QED) is 0.554. The standard InChI is InChI=1S/C24H25BrFN5O/c1-16-22(14-18-5-3-7-20(26)13-18)23(28-17(2)27-16)30-9-11-31(12-10-30)24(32)29-21-8-4-6-19(25)15-21/h3-8,13,15H,9-12,14H2,1-2H3,(H,29,32). The van der Waals surface area contributed by atoms with Gasteiger partial charge in [-0.25, -0.2) is 19.2 Å². The van der Waals surface area contributed by atoms with Crippen LogP contribution in [0.1, 0.15) is 22.6 Å². The first-order chi connectivity index (χ1) is 15.4. The minimum atomic E-state index is -0.250. The third kappa shape index (κ3) is 5.24. The van der Waals surface area contributed by atoms with Crippen molar-refractivity contribution in [3.05, 3.63) is 81.5 Å². The molecule has 0 aliphatic carbocycles. The van der Waals surface area contributed by atoms with Crippen molar-refractivity contribution < 1.29 is 9.18 Å². The van der Waals surface area contributed by atoms with Gasteiger partial charge < -0.3 is 15.1 Å². The number of amides is 2. The van der Waals surface area contributed by atoms with Crippen LogP contribution in [0, 0.1) is 19.7 Å². The summed E-state index contributed by atoms with van der Waals surface area (Å²) in [5, 5.41) is 2.95. The van der Waals surface area contributed by atoms with Crippen LogP contribution in [0.3, 0.4) is 0 Å². The number of anilines is 2. The highest BCUT2D eigenvalue weighted by Gasteiger charge is 2.25. The SMILES string of the molecule is Cc1nc(C)c(Cc2cccc(F)c2)c(N2CCN(C(=O)Nc3cccc(Br)c3)CC2)n1. The van der Waals surface area contributed by atoms with E-state index in [2.05, 4.69) is 31.1 Å². The van der Waals surface area contributed by atoms with Gasteiger partial charge in [0.2, 0.25) is 0 Å². The molecule has 8 heteroatoms. The number of nitrogens with one attached hydrogen (secondary N) is 1. The Bertz CT molecular complexity index is 1130. The van der Waals surface area contributed by atoms with Gasteiger partial charge in [0.05, 0.1) is 0 Å². The van der Waals surface area contributed by atoms with Crippen LogP contribution in [0.15, 0.2) is 53.0 Å². The van der Waals surface area contributed by atoms with E-state index in [1.165, 1.54) is 6.07 Å². The van der Waals surface area contributed by atoms with Gasteiger partial charge in [0.25, 0.3) is 0 Å². The molecule has 1 saturated heterocycles. The summed E-state index contributed by atoms with van der Waals surface area (Å²) in [5.41, 5.74) is 3.53. The number of piperazine rings is 1. The van der Waals surface area contributed by atoms with Gasteiger partial charge in [-0.3, -0.25) is 0 Å². The van der Waals surface area contributed by atoms with E-state index in [4.69, 9.17) is 4.98 Å². The molecule has 1 aliphatic heterocycles. The molecule has 1 N–H and O–H groups in total. The fraction of sp³-hybridized carbons (Fsp3) is 0.292. The molecule has 0 radical (unpaired) electrons. The Morgan fingerprint density at radius 1 is 1.06 bits per heavy atom. The molecule has 1 aromatic heterocycles. The number of aryl methyl sites for hydroxylation is 2. The molecule has 2 amide bonds. The number of benzene rings is 2. The molecule has 6 nitrogen and oxygen atoms in total. The predicted octanol–water partition coefficient (Wildman–Crippen LogP) is 4.94. The monoisotopic (exact) mass is 497 g/mol. The first-order valence-corrected chi connectivity index (χ1v) is 11.3. The second kappa shape index (κ2) is 9.65. The molecule has 3 aromatic rings. The molecule has 0 unspecified atom stereocenters. The highest BCUT2D eigenvalue weighted by molar-refractivity contribution is 9.10. The molecule has 1 aliphatic rings. The van der Waals surface area contributed by atoms with Gasteiger partial charge in [0, 0.05) is 54.0 Å². The zero-order chi connectivity index (χ0) is 22.7. The molecule has 2 aromatic carbocycles. The van der Waals surface area contributed by atoms with Gasteiger partial charge in [0.15, 0.2) is 0 Å². The summed E-state index contributed by atoms with van der Waals surface area (Å²) in [4.78, 5) is 25.9. The van der Waals surface area contributed by atoms with E-state index in [9.17, 15) is 9.18 Å². The van der Waals surface area contributed by atoms with Crippen LogP contribution in [-0.4, -0.2) is 47.1 Å². The van der Waals surface area contributed by atoms with Crippen molar-refractivity contribution in [2.24, 2.45) is 0 Å². The molecule has 1 fully saturated rings. The zero-order valence-corrected chi connectivity index (χ0v) is 19.7. The number of carbonyl (C=O) groups is 1. The maximum Gasteiger partial charge on any atom is 0.321 e. The Morgan fingerprint density at radius 3 is 2.53 bits per heavy atom. The van der Waals surface area contributed by atoms with Gasteiger partial charge in [-0.1, -0.05) is 34.1 Å². The van der Waals surface area contributed by atoms with Crippen molar-refractivity contribution in [2.45, 2.75) is 20.3 Å². The van der Waals surface area contributed by atoms with Crippen LogP contribution in [0.2, 0.25) is 0 Å². The number of hydrogen-bond donors (Lipinski definition) is 1. The molecular formula is C24H25BrFN5O. The van der Waals surface area contributed by atoms with Crippen LogP contribution in [0.4, 0.5) is 20.7 Å². The topological polar surface area (TPSA) is 61.4 Å². The number of carbonyl (C=O) groups excluding carboxylic acids is 1. The van der Waals surface area contributed by atoms with Gasteiger partial charge in [0.1, 0.15) is 17.5 Å². The van der Waals surface area contributed by atoms with Crippen LogP contribution in [0.5, 0.6) is 0 Å². The number of aromatic nitrogens is 2. The minimum Gasteiger partial charge on any atom is -0.353 e. The van der Waals surface area contributed by atoms with E-state index in [1.54, 1.807) is 12.1 Å². The molecule has 4 rings (SSSR count). The second-order valence-corrected chi connectivity index (χ2v) is 8.80. The number of nitrogens with zero attached hydrogens (tertiary/aromatic N) is 4. The molecule has 2 heterocycles. The Kier molecular flexibility index (Phi) is 6.69. The van der Waals surface area contributed by atoms with Crippen LogP contribution in [-0.2, 0) is 6.42 Å². The van der Waals surface area contributed by atoms with E-state index < -0.39 is 0 Å². The first-order valence-electron chi connectivity index (χ1n) is 10.5. The number of halogens is 2. The van der Waals surface area contributed by atoms with Crippen LogP contribution < -0.4 is 10.2 Å². The summed E-state index contributed by atoms with van der Waals surface area (Å²) in [7, 11) is 0. The molecule has 166 valence electrons. The van der Waals surface area contributed by atoms with Crippen molar-refractivity contribution >= 4 is 33.5 Å². The normalized spacial score (nSPS) is 13.9. The lowest BCUT2D eigenvalue weighted by molar-refractivity contribution is 0.208. The van der Waals surface area contributed by atoms with Crippen molar-refractivity contribution in [3.63, 3.8) is 0 Å². The van der Waals surface area contributed by atoms with Crippen molar-refractivity contribution in [1.82, 2.24) is 14.9 Å². The predicted molar refractivity (Wildman–Crippen MR) is 128 cm³/mol. The highest BCUT2D eigenvalue weighted by Crippen LogP contribution is 2.25. The summed E-state index contributed by atoms with van der Waals surface area (Å²) in [6, 6.07) is 14.1. The number of urea groups is 1. The maximum atomic E-state index is 13.7. The molecule has 32 heavy (non-hydrogen) atoms. The van der Waals surface area contributed by atoms with Gasteiger partial charge in [-0.2, -0.15) is 0 Å². The molecule has 0 atom stereocenters. The van der Waals surface area contributed by atoms with E-state index in [-0.39, 0.29) is 11.8 Å². The van der Waals surface area contributed by atoms with Gasteiger partial charge >= 0.3 is 6.03 Å². The lowest BCUT2D eigenvalue weighted by Crippen LogP contribution is -2.50. The fourth-order valence-electron chi connectivity index (χ4n) is 3.93. The third-order valence-electron chi connectivity index (χ3n) is 5.52. The Balaban J connectivity index is 1.47. The summed E-state index contributed by atoms with van der Waals surface area (Å²) >= 11 is 3.42. The largest absolute Gasteiger partial charge is 0.353 e. The lowest BCUT2D eigenvalue weighted by atomic mass is 10.0. The molecule has 0 bridgehead atoms. The number of hydrogen-bond acceptors (Lipinski definition) is 4. The smallest absolute Gasteiger partial charge is 0.321 e. The van der Waals surface area contributed by atoms with Gasteiger partial charge in [-0.15, -0.1) is 0 Å². The fourth-order valence-corrected chi connectivity index (χ4v) is 4.33. The van der Waals surface area contributed by atoms with Crippen molar-refractivity contribution in [2.75, 3.05) is 36.4 Å². The van der Waals surface area contributed by atoms with E-state index in [1.807, 2.05) is 49.1 Å². The molecule has 0 spiro atoms. The molecule has 0 saturated carbocycles. The Morgan fingerprint density at radius 2 is 1.81 bits per heavy atom. The second-order valence-electron chi connectivity index (χ2n) is 7.88. The van der Waals surface area contributed by atoms with Crippen molar-refractivity contribution in [3.8, 4) is 0 Å². The lowest BCUT2D eigenvalue weighted by Gasteiger charge is -2.36. The average molecular weight is 498 g/mol. The summed E-state index contributed by atoms with van der Waals surface area (Å²) < 4.78 is 14.6. The van der Waals surface area contributed by atoms with Crippen LogP contribution >= 0.6 is 15.9 Å². The third-order valence-corrected chi connectivity index (χ3v) is 6.01. The zero-order valence-electron chi connectivity index (χ0n) is 18.1. The molecular weight excluding hydrogens is 473 g/mol. The summed E-state index contributed by atoms with van der Waals surface area (Å²) in [6.45, 7) is 6.34. The van der Waals surface area contributed by atoms with Crippen LogP contribution in [0.25, 0.3) is 0 Å². The average Bonchev–Trinajstić information content (AvgIpc) is 2.75. The van der Waals surface area contributed by atoms with E-state index >= 15 is 0 Å². The van der Waals surface area contributed by atoms with E-state index in [0.717, 1.165) is 32.8 Å². The summed E-state index contributed by atoms with van der Waals surface area (Å²) in [6.07, 6.45) is 0.558. The number of rotatable bonds is 4. The van der Waals surface area contributed by atoms with Gasteiger partial charge in [-0.05, 0) is 49.7 Å². The Hall–Kier alpha value is -3.00.